The largest absolute Gasteiger partial charge is 0.476 e. The van der Waals surface area contributed by atoms with Crippen molar-refractivity contribution in [3.8, 4) is 0 Å². The zero-order valence-electron chi connectivity index (χ0n) is 23.9. The predicted octanol–water partition coefficient (Wildman–Crippen LogP) is 4.40. The molecule has 0 unspecified atom stereocenters. The summed E-state index contributed by atoms with van der Waals surface area (Å²) >= 11 is 5.35. The number of nitrogens with one attached hydrogen (secondary N) is 1. The summed E-state index contributed by atoms with van der Waals surface area (Å²) < 4.78 is 53.1. The Morgan fingerprint density at radius 1 is 0.848 bits per heavy atom. The molecule has 5 rings (SSSR count). The molecule has 1 saturated heterocycles. The number of hydrogen-bond acceptors (Lipinski definition) is 8. The molecule has 2 N–H and O–H groups in total. The van der Waals surface area contributed by atoms with Crippen molar-refractivity contribution in [1.82, 2.24) is 30.6 Å². The van der Waals surface area contributed by atoms with Gasteiger partial charge in [0, 0.05) is 32.7 Å². The highest BCUT2D eigenvalue weighted by Crippen LogP contribution is 2.32. The van der Waals surface area contributed by atoms with Crippen LogP contribution in [-0.4, -0.2) is 80.9 Å². The lowest BCUT2D eigenvalue weighted by molar-refractivity contribution is -0.138. The zero-order valence-corrected chi connectivity index (χ0v) is 24.7. The second-order valence-corrected chi connectivity index (χ2v) is 10.2. The van der Waals surface area contributed by atoms with Crippen LogP contribution in [0.4, 0.5) is 23.4 Å². The Morgan fingerprint density at radius 2 is 1.54 bits per heavy atom. The SMILES string of the molecule is O=C(NCCc1cccc(F)c1)c1ccc(N2CCN(C(=O)c3ccccc3C(F)(F)F)CC2)nn1.O=C(O)c1ccc(Cl)nn1. The third-order valence-electron chi connectivity index (χ3n) is 6.68. The highest BCUT2D eigenvalue weighted by molar-refractivity contribution is 6.29. The number of benzene rings is 2. The molecule has 1 fully saturated rings. The molecule has 0 aliphatic carbocycles. The minimum atomic E-state index is -4.61. The van der Waals surface area contributed by atoms with Crippen LogP contribution >= 0.6 is 11.6 Å². The molecule has 1 aliphatic rings. The van der Waals surface area contributed by atoms with Gasteiger partial charge in [-0.3, -0.25) is 9.59 Å². The lowest BCUT2D eigenvalue weighted by Gasteiger charge is -2.35. The first kappa shape index (κ1) is 33.7. The third-order valence-corrected chi connectivity index (χ3v) is 6.88. The van der Waals surface area contributed by atoms with E-state index in [9.17, 15) is 31.9 Å². The van der Waals surface area contributed by atoms with Crippen molar-refractivity contribution in [2.24, 2.45) is 0 Å². The van der Waals surface area contributed by atoms with E-state index in [0.717, 1.165) is 11.6 Å². The van der Waals surface area contributed by atoms with Crippen LogP contribution in [-0.2, 0) is 12.6 Å². The highest BCUT2D eigenvalue weighted by Gasteiger charge is 2.36. The van der Waals surface area contributed by atoms with E-state index >= 15 is 0 Å². The summed E-state index contributed by atoms with van der Waals surface area (Å²) in [5.41, 5.74) is -0.546. The summed E-state index contributed by atoms with van der Waals surface area (Å²) in [6.45, 7) is 1.45. The van der Waals surface area contributed by atoms with Crippen molar-refractivity contribution in [2.45, 2.75) is 12.6 Å². The van der Waals surface area contributed by atoms with Gasteiger partial charge in [0.2, 0.25) is 0 Å². The number of nitrogens with zero attached hydrogens (tertiary/aromatic N) is 6. The normalized spacial score (nSPS) is 13.0. The van der Waals surface area contributed by atoms with Gasteiger partial charge in [0.1, 0.15) is 5.82 Å². The van der Waals surface area contributed by atoms with E-state index in [0.29, 0.717) is 31.9 Å². The Balaban J connectivity index is 0.000000409. The molecule has 16 heteroatoms. The molecule has 240 valence electrons. The quantitative estimate of drug-likeness (QED) is 0.276. The fourth-order valence-electron chi connectivity index (χ4n) is 4.37. The molecule has 1 aliphatic heterocycles. The first-order valence-corrected chi connectivity index (χ1v) is 14.1. The number of carboxylic acid groups (broad SMARTS) is 1. The summed E-state index contributed by atoms with van der Waals surface area (Å²) in [6, 6.07) is 16.7. The van der Waals surface area contributed by atoms with Gasteiger partial charge in [0.05, 0.1) is 11.1 Å². The number of anilines is 1. The van der Waals surface area contributed by atoms with Crippen LogP contribution in [0, 0.1) is 5.82 Å². The van der Waals surface area contributed by atoms with Crippen molar-refractivity contribution in [1.29, 1.82) is 0 Å². The minimum Gasteiger partial charge on any atom is -0.476 e. The molecule has 4 aromatic rings. The molecule has 0 radical (unpaired) electrons. The number of aromatic carboxylic acids is 1. The Morgan fingerprint density at radius 3 is 2.15 bits per heavy atom. The molecule has 0 saturated carbocycles. The van der Waals surface area contributed by atoms with E-state index in [-0.39, 0.29) is 41.0 Å². The summed E-state index contributed by atoms with van der Waals surface area (Å²) in [7, 11) is 0. The molecule has 2 aromatic heterocycles. The van der Waals surface area contributed by atoms with Crippen molar-refractivity contribution in [3.05, 3.63) is 112 Å². The van der Waals surface area contributed by atoms with Gasteiger partial charge in [0.15, 0.2) is 22.4 Å². The number of halogens is 5. The van der Waals surface area contributed by atoms with Gasteiger partial charge in [-0.25, -0.2) is 9.18 Å². The molecular formula is C30H26ClF4N7O4. The lowest BCUT2D eigenvalue weighted by atomic mass is 10.1. The molecule has 0 spiro atoms. The van der Waals surface area contributed by atoms with E-state index in [1.54, 1.807) is 18.2 Å². The van der Waals surface area contributed by atoms with Crippen molar-refractivity contribution >= 4 is 35.2 Å². The van der Waals surface area contributed by atoms with Gasteiger partial charge >= 0.3 is 12.1 Å². The van der Waals surface area contributed by atoms with Crippen LogP contribution in [0.5, 0.6) is 0 Å². The van der Waals surface area contributed by atoms with Crippen molar-refractivity contribution < 1.29 is 37.1 Å². The molecule has 2 amide bonds. The van der Waals surface area contributed by atoms with Crippen molar-refractivity contribution in [2.75, 3.05) is 37.6 Å². The van der Waals surface area contributed by atoms with Gasteiger partial charge in [-0.15, -0.1) is 20.4 Å². The summed E-state index contributed by atoms with van der Waals surface area (Å²) in [6.07, 6.45) is -4.15. The number of hydrogen-bond donors (Lipinski definition) is 2. The molecular weight excluding hydrogens is 634 g/mol. The smallest absolute Gasteiger partial charge is 0.417 e. The number of piperazine rings is 1. The second-order valence-electron chi connectivity index (χ2n) is 9.78. The average molecular weight is 660 g/mol. The van der Waals surface area contributed by atoms with Crippen LogP contribution in [0.25, 0.3) is 0 Å². The van der Waals surface area contributed by atoms with Crippen LogP contribution in [0.3, 0.4) is 0 Å². The Labute approximate surface area is 264 Å². The Bertz CT molecular complexity index is 1670. The highest BCUT2D eigenvalue weighted by atomic mass is 35.5. The van der Waals surface area contributed by atoms with E-state index in [1.165, 1.54) is 53.4 Å². The van der Waals surface area contributed by atoms with E-state index < -0.39 is 29.5 Å². The van der Waals surface area contributed by atoms with Crippen molar-refractivity contribution in [3.63, 3.8) is 0 Å². The fourth-order valence-corrected chi connectivity index (χ4v) is 4.48. The van der Waals surface area contributed by atoms with Gasteiger partial charge in [-0.05, 0) is 60.5 Å². The van der Waals surface area contributed by atoms with Gasteiger partial charge in [-0.1, -0.05) is 35.9 Å². The lowest BCUT2D eigenvalue weighted by Crippen LogP contribution is -2.49. The van der Waals surface area contributed by atoms with Crippen LogP contribution < -0.4 is 10.2 Å². The van der Waals surface area contributed by atoms with E-state index in [2.05, 4.69) is 25.7 Å². The molecule has 0 bridgehead atoms. The topological polar surface area (TPSA) is 142 Å². The number of aromatic nitrogens is 4. The Kier molecular flexibility index (Phi) is 11.1. The zero-order chi connectivity index (χ0) is 33.3. The summed E-state index contributed by atoms with van der Waals surface area (Å²) in [4.78, 5) is 38.5. The molecule has 46 heavy (non-hydrogen) atoms. The fraction of sp³-hybridized carbons (Fsp3) is 0.233. The molecule has 3 heterocycles. The Hall–Kier alpha value is -5.18. The summed E-state index contributed by atoms with van der Waals surface area (Å²) in [5, 5.41) is 25.9. The average Bonchev–Trinajstić information content (AvgIpc) is 3.05. The maximum absolute atomic E-state index is 13.3. The monoisotopic (exact) mass is 659 g/mol. The van der Waals surface area contributed by atoms with Gasteiger partial charge in [-0.2, -0.15) is 13.2 Å². The van der Waals surface area contributed by atoms with Gasteiger partial charge in [0.25, 0.3) is 11.8 Å². The number of alkyl halides is 3. The minimum absolute atomic E-state index is 0.107. The van der Waals surface area contributed by atoms with Crippen LogP contribution in [0.15, 0.2) is 72.8 Å². The number of carbonyl (C=O) groups excluding carboxylic acids is 2. The van der Waals surface area contributed by atoms with Crippen LogP contribution in [0.1, 0.15) is 42.5 Å². The van der Waals surface area contributed by atoms with Gasteiger partial charge < -0.3 is 20.2 Å². The standard InChI is InChI=1S/C25H23F4N5O2.C5H3ClN2O2/c26-18-5-3-4-17(16-18)10-11-30-23(35)21-8-9-22(32-31-21)33-12-14-34(15-13-33)24(36)19-6-1-2-7-20(19)25(27,28)29;6-4-2-1-3(5(9)10)7-8-4/h1-9,16H,10-15H2,(H,30,35);1-2H,(H,9,10). The number of carbonyl (C=O) groups is 3. The number of amides is 2. The van der Waals surface area contributed by atoms with E-state index in [1.807, 2.05) is 4.90 Å². The predicted molar refractivity (Wildman–Crippen MR) is 158 cm³/mol. The van der Waals surface area contributed by atoms with Crippen LogP contribution in [0.2, 0.25) is 5.15 Å². The number of carboxylic acids is 1. The molecule has 0 atom stereocenters. The first-order valence-electron chi connectivity index (χ1n) is 13.7. The molecule has 11 nitrogen and oxygen atoms in total. The summed E-state index contributed by atoms with van der Waals surface area (Å²) in [5.74, 6) is -2.03. The first-order chi connectivity index (χ1) is 21.9. The molecule has 2 aromatic carbocycles. The second kappa shape index (κ2) is 15.2. The maximum atomic E-state index is 13.3. The maximum Gasteiger partial charge on any atom is 0.417 e. The van der Waals surface area contributed by atoms with E-state index in [4.69, 9.17) is 16.7 Å². The number of rotatable bonds is 7. The third kappa shape index (κ3) is 9.17.